The number of nitrogens with zero attached hydrogens (tertiary/aromatic N) is 4. The Labute approximate surface area is 246 Å². The quantitative estimate of drug-likeness (QED) is 0.262. The van der Waals surface area contributed by atoms with E-state index in [0.717, 1.165) is 66.6 Å². The van der Waals surface area contributed by atoms with Gasteiger partial charge in [-0.15, -0.1) is 0 Å². The van der Waals surface area contributed by atoms with Gasteiger partial charge in [-0.25, -0.2) is 9.98 Å². The minimum atomic E-state index is -4.55. The highest BCUT2D eigenvalue weighted by Gasteiger charge is 2.44. The van der Waals surface area contributed by atoms with Gasteiger partial charge < -0.3 is 18.1 Å². The summed E-state index contributed by atoms with van der Waals surface area (Å²) >= 11 is 0. The number of benzene rings is 4. The smallest absolute Gasteiger partial charge is 0.377 e. The average molecular weight is 571 g/mol. The molecule has 6 heterocycles. The molecule has 6 aromatic rings. The SMILES string of the molecule is O[Si]1(O)n2c3c4ccccc4c2C=C2N=C(C=c4c5ccccc5c(n41)=CC1=NC(=C3)c3ccccc31)c1ccccc12. The van der Waals surface area contributed by atoms with Crippen molar-refractivity contribution in [1.29, 1.82) is 0 Å². The van der Waals surface area contributed by atoms with Gasteiger partial charge in [0.1, 0.15) is 0 Å². The van der Waals surface area contributed by atoms with Crippen LogP contribution in [-0.2, 0) is 0 Å². The van der Waals surface area contributed by atoms with E-state index in [2.05, 4.69) is 24.3 Å². The van der Waals surface area contributed by atoms with Crippen molar-refractivity contribution >= 4 is 77.6 Å². The third-order valence-electron chi connectivity index (χ3n) is 9.06. The Kier molecular flexibility index (Phi) is 4.29. The molecule has 0 saturated carbocycles. The molecule has 2 aromatic heterocycles. The second kappa shape index (κ2) is 7.93. The molecule has 6 nitrogen and oxygen atoms in total. The van der Waals surface area contributed by atoms with Crippen LogP contribution in [0.15, 0.2) is 107 Å². The van der Waals surface area contributed by atoms with Crippen LogP contribution in [0.25, 0.3) is 57.2 Å². The third kappa shape index (κ3) is 2.93. The normalized spacial score (nSPS) is 16.8. The van der Waals surface area contributed by atoms with Crippen molar-refractivity contribution in [3.05, 3.63) is 141 Å². The number of aliphatic imine (C=N–C) groups is 2. The molecule has 10 rings (SSSR count). The van der Waals surface area contributed by atoms with Gasteiger partial charge in [0, 0.05) is 65.9 Å². The minimum absolute atomic E-state index is 0.710. The second-order valence-electron chi connectivity index (χ2n) is 11.3. The van der Waals surface area contributed by atoms with Crippen molar-refractivity contribution in [2.24, 2.45) is 9.98 Å². The van der Waals surface area contributed by atoms with E-state index in [4.69, 9.17) is 9.98 Å². The van der Waals surface area contributed by atoms with E-state index in [9.17, 15) is 9.59 Å². The maximum absolute atomic E-state index is 12.8. The molecule has 4 aromatic carbocycles. The van der Waals surface area contributed by atoms with Crippen LogP contribution in [0, 0.1) is 0 Å². The van der Waals surface area contributed by atoms with Crippen molar-refractivity contribution in [3.8, 4) is 0 Å². The van der Waals surface area contributed by atoms with Gasteiger partial charge in [-0.2, -0.15) is 0 Å². The lowest BCUT2D eigenvalue weighted by molar-refractivity contribution is 0.323. The van der Waals surface area contributed by atoms with Crippen LogP contribution >= 0.6 is 0 Å². The van der Waals surface area contributed by atoms with Gasteiger partial charge in [0.25, 0.3) is 0 Å². The molecule has 202 valence electrons. The Bertz CT molecular complexity index is 2380. The summed E-state index contributed by atoms with van der Waals surface area (Å²) in [6.07, 6.45) is 8.05. The van der Waals surface area contributed by atoms with Crippen LogP contribution in [0.2, 0.25) is 0 Å². The van der Waals surface area contributed by atoms with Gasteiger partial charge in [0.2, 0.25) is 0 Å². The standard InChI is InChI=1S/C36H22N4O2Si/c41-43(42)39-33-17-29-21-9-1-2-10-22(21)30(37-29)18-34-27-15-7-8-16-28(27)36(40(34)43)20-32-24-12-4-3-11-23(24)31(38-32)19-35(39)26-14-6-5-13-25(26)33/h1-20,41-42H. The molecule has 0 radical (unpaired) electrons. The highest BCUT2D eigenvalue weighted by molar-refractivity contribution is 6.63. The van der Waals surface area contributed by atoms with Gasteiger partial charge >= 0.3 is 8.88 Å². The molecule has 0 spiro atoms. The zero-order valence-corrected chi connectivity index (χ0v) is 23.7. The summed E-state index contributed by atoms with van der Waals surface area (Å²) in [6, 6.07) is 32.6. The van der Waals surface area contributed by atoms with E-state index in [0.29, 0.717) is 22.1 Å². The van der Waals surface area contributed by atoms with E-state index in [1.165, 1.54) is 0 Å². The van der Waals surface area contributed by atoms with Crippen LogP contribution in [0.3, 0.4) is 0 Å². The van der Waals surface area contributed by atoms with Gasteiger partial charge in [-0.3, -0.25) is 0 Å². The molecule has 0 unspecified atom stereocenters. The van der Waals surface area contributed by atoms with E-state index < -0.39 is 8.88 Å². The Morgan fingerprint density at radius 3 is 1.30 bits per heavy atom. The molecular formula is C36H22N4O2Si. The molecule has 0 aliphatic carbocycles. The minimum Gasteiger partial charge on any atom is -0.377 e. The lowest BCUT2D eigenvalue weighted by Gasteiger charge is -2.25. The van der Waals surface area contributed by atoms with Gasteiger partial charge in [-0.1, -0.05) is 97.1 Å². The Hall–Kier alpha value is -5.34. The molecule has 43 heavy (non-hydrogen) atoms. The monoisotopic (exact) mass is 570 g/mol. The first-order valence-electron chi connectivity index (χ1n) is 14.3. The first-order valence-corrected chi connectivity index (χ1v) is 16.1. The summed E-state index contributed by atoms with van der Waals surface area (Å²) in [5, 5.41) is 5.11. The maximum atomic E-state index is 12.8. The van der Waals surface area contributed by atoms with Gasteiger partial charge in [-0.05, 0) is 24.3 Å². The molecule has 7 heteroatoms. The third-order valence-corrected chi connectivity index (χ3v) is 11.2. The maximum Gasteiger partial charge on any atom is 0.592 e. The zero-order valence-electron chi connectivity index (χ0n) is 22.7. The fourth-order valence-electron chi connectivity index (χ4n) is 7.23. The lowest BCUT2D eigenvalue weighted by atomic mass is 10.0. The number of rotatable bonds is 0. The van der Waals surface area contributed by atoms with Crippen LogP contribution in [0.4, 0.5) is 0 Å². The first-order chi connectivity index (χ1) is 21.1. The van der Waals surface area contributed by atoms with Crippen LogP contribution in [0.1, 0.15) is 33.6 Å². The molecule has 0 saturated heterocycles. The fraction of sp³-hybridized carbons (Fsp3) is 0. The number of fused-ring (bicyclic) bond motifs is 14. The molecule has 0 fully saturated rings. The summed E-state index contributed by atoms with van der Waals surface area (Å²) in [5.74, 6) is 0. The number of hydrogen-bond acceptors (Lipinski definition) is 4. The molecule has 4 aliphatic rings. The second-order valence-corrected chi connectivity index (χ2v) is 13.4. The Morgan fingerprint density at radius 1 is 0.442 bits per heavy atom. The molecule has 2 N–H and O–H groups in total. The van der Waals surface area contributed by atoms with Crippen LogP contribution in [-0.4, -0.2) is 38.4 Å². The predicted molar refractivity (Wildman–Crippen MR) is 175 cm³/mol. The van der Waals surface area contributed by atoms with Crippen LogP contribution in [0.5, 0.6) is 0 Å². The molecule has 0 atom stereocenters. The van der Waals surface area contributed by atoms with E-state index in [1.54, 1.807) is 8.47 Å². The Morgan fingerprint density at radius 2 is 0.837 bits per heavy atom. The lowest BCUT2D eigenvalue weighted by Crippen LogP contribution is -2.60. The van der Waals surface area contributed by atoms with E-state index >= 15 is 0 Å². The summed E-state index contributed by atoms with van der Waals surface area (Å²) in [7, 11) is -4.55. The summed E-state index contributed by atoms with van der Waals surface area (Å²) in [6.45, 7) is 0. The molecule has 0 amide bonds. The fourth-order valence-corrected chi connectivity index (χ4v) is 9.47. The van der Waals surface area contributed by atoms with Crippen molar-refractivity contribution < 1.29 is 9.59 Å². The van der Waals surface area contributed by atoms with E-state index in [1.807, 2.05) is 97.1 Å². The summed E-state index contributed by atoms with van der Waals surface area (Å²) in [4.78, 5) is 35.9. The van der Waals surface area contributed by atoms with Gasteiger partial charge in [0.05, 0.1) is 22.8 Å². The highest BCUT2D eigenvalue weighted by atomic mass is 28.4. The molecule has 6 bridgehead atoms. The predicted octanol–water partition coefficient (Wildman–Crippen LogP) is 4.60. The Balaban J connectivity index is 1.53. The zero-order chi connectivity index (χ0) is 28.4. The van der Waals surface area contributed by atoms with E-state index in [-0.39, 0.29) is 0 Å². The largest absolute Gasteiger partial charge is 0.592 e. The van der Waals surface area contributed by atoms with Crippen molar-refractivity contribution in [3.63, 3.8) is 0 Å². The number of aromatic nitrogens is 2. The molecule has 4 aliphatic heterocycles. The summed E-state index contributed by atoms with van der Waals surface area (Å²) in [5.41, 5.74) is 8.69. The molecular weight excluding hydrogens is 549 g/mol. The van der Waals surface area contributed by atoms with Gasteiger partial charge in [0.15, 0.2) is 0 Å². The average Bonchev–Trinajstić information content (AvgIpc) is 3.74. The van der Waals surface area contributed by atoms with Crippen molar-refractivity contribution in [2.75, 3.05) is 0 Å². The topological polar surface area (TPSA) is 75.0 Å². The summed E-state index contributed by atoms with van der Waals surface area (Å²) < 4.78 is 3.54. The highest BCUT2D eigenvalue weighted by Crippen LogP contribution is 2.39. The first kappa shape index (κ1) is 23.2. The van der Waals surface area contributed by atoms with Crippen LogP contribution < -0.4 is 10.7 Å². The van der Waals surface area contributed by atoms with Crippen molar-refractivity contribution in [1.82, 2.24) is 8.47 Å². The number of hydrogen-bond donors (Lipinski definition) is 2. The van der Waals surface area contributed by atoms with Crippen molar-refractivity contribution in [2.45, 2.75) is 0 Å².